The van der Waals surface area contributed by atoms with Gasteiger partial charge in [-0.05, 0) is 66.1 Å². The summed E-state index contributed by atoms with van der Waals surface area (Å²) in [6.45, 7) is 7.87. The van der Waals surface area contributed by atoms with E-state index >= 15 is 0 Å². The lowest BCUT2D eigenvalue weighted by molar-refractivity contribution is -0.0932. The molecule has 0 amide bonds. The fourth-order valence-corrected chi connectivity index (χ4v) is 3.61. The molecule has 3 nitrogen and oxygen atoms in total. The maximum Gasteiger partial charge on any atom is 0.0641 e. The molecular weight excluding hydrogens is 224 g/mol. The Morgan fingerprint density at radius 1 is 1.28 bits per heavy atom. The predicted octanol–water partition coefficient (Wildman–Crippen LogP) is 2.41. The average Bonchev–Trinajstić information content (AvgIpc) is 2.35. The molecule has 2 saturated heterocycles. The van der Waals surface area contributed by atoms with Crippen LogP contribution in [0.4, 0.5) is 0 Å². The number of hydrogen-bond acceptors (Lipinski definition) is 3. The van der Waals surface area contributed by atoms with Crippen LogP contribution in [-0.2, 0) is 4.74 Å². The normalized spacial score (nSPS) is 33.5. The molecule has 2 unspecified atom stereocenters. The van der Waals surface area contributed by atoms with Crippen LogP contribution in [0.2, 0.25) is 0 Å². The summed E-state index contributed by atoms with van der Waals surface area (Å²) in [6.07, 6.45) is 7.90. The molecule has 1 N–H and O–H groups in total. The van der Waals surface area contributed by atoms with E-state index in [0.717, 1.165) is 25.2 Å². The molecule has 0 aliphatic carbocycles. The number of nitrogens with zero attached hydrogens (tertiary/aromatic N) is 1. The monoisotopic (exact) mass is 254 g/mol. The predicted molar refractivity (Wildman–Crippen MR) is 75.9 cm³/mol. The molecule has 2 aliphatic rings. The minimum atomic E-state index is 0.0773. The van der Waals surface area contributed by atoms with Gasteiger partial charge in [-0.15, -0.1) is 0 Å². The van der Waals surface area contributed by atoms with Crippen LogP contribution in [0.15, 0.2) is 0 Å². The van der Waals surface area contributed by atoms with Crippen LogP contribution >= 0.6 is 0 Å². The summed E-state index contributed by atoms with van der Waals surface area (Å²) in [4.78, 5) is 2.80. The van der Waals surface area contributed by atoms with Gasteiger partial charge in [-0.3, -0.25) is 4.90 Å². The molecule has 3 heteroatoms. The molecule has 106 valence electrons. The second-order valence-corrected chi connectivity index (χ2v) is 6.53. The first-order valence-electron chi connectivity index (χ1n) is 7.67. The molecule has 2 rings (SSSR count). The van der Waals surface area contributed by atoms with Crippen molar-refractivity contribution >= 4 is 0 Å². The number of hydrogen-bond donors (Lipinski definition) is 1. The minimum absolute atomic E-state index is 0.0773. The first kappa shape index (κ1) is 14.3. The summed E-state index contributed by atoms with van der Waals surface area (Å²) in [5.74, 6) is 0. The highest BCUT2D eigenvalue weighted by atomic mass is 16.5. The lowest BCUT2D eigenvalue weighted by Gasteiger charge is -2.46. The SMILES string of the molecule is CNCCC1CCCCN1C1CCOC(C)(C)C1. The Morgan fingerprint density at radius 3 is 2.83 bits per heavy atom. The molecule has 0 spiro atoms. The van der Waals surface area contributed by atoms with E-state index in [2.05, 4.69) is 31.1 Å². The zero-order valence-corrected chi connectivity index (χ0v) is 12.4. The maximum atomic E-state index is 5.86. The fourth-order valence-electron chi connectivity index (χ4n) is 3.61. The van der Waals surface area contributed by atoms with Crippen molar-refractivity contribution in [2.24, 2.45) is 0 Å². The zero-order valence-electron chi connectivity index (χ0n) is 12.4. The van der Waals surface area contributed by atoms with E-state index < -0.39 is 0 Å². The van der Waals surface area contributed by atoms with Gasteiger partial charge in [0.05, 0.1) is 5.60 Å². The first-order chi connectivity index (χ1) is 8.62. The molecule has 2 aliphatic heterocycles. The van der Waals surface area contributed by atoms with Crippen molar-refractivity contribution in [2.45, 2.75) is 70.1 Å². The zero-order chi connectivity index (χ0) is 13.0. The van der Waals surface area contributed by atoms with Crippen LogP contribution < -0.4 is 5.32 Å². The number of rotatable bonds is 4. The number of likely N-dealkylation sites (tertiary alicyclic amines) is 1. The van der Waals surface area contributed by atoms with Crippen molar-refractivity contribution in [3.8, 4) is 0 Å². The van der Waals surface area contributed by atoms with E-state index in [4.69, 9.17) is 4.74 Å². The van der Waals surface area contributed by atoms with Crippen LogP contribution in [0.1, 0.15) is 52.4 Å². The summed E-state index contributed by atoms with van der Waals surface area (Å²) in [5, 5.41) is 3.30. The Balaban J connectivity index is 1.95. The van der Waals surface area contributed by atoms with E-state index in [1.165, 1.54) is 45.1 Å². The number of piperidine rings is 1. The smallest absolute Gasteiger partial charge is 0.0641 e. The summed E-state index contributed by atoms with van der Waals surface area (Å²) in [5.41, 5.74) is 0.0773. The topological polar surface area (TPSA) is 24.5 Å². The maximum absolute atomic E-state index is 5.86. The van der Waals surface area contributed by atoms with Crippen LogP contribution in [0.3, 0.4) is 0 Å². The number of ether oxygens (including phenoxy) is 1. The van der Waals surface area contributed by atoms with E-state index in [0.29, 0.717) is 0 Å². The quantitative estimate of drug-likeness (QED) is 0.834. The van der Waals surface area contributed by atoms with Crippen LogP contribution in [0.5, 0.6) is 0 Å². The molecule has 0 saturated carbocycles. The van der Waals surface area contributed by atoms with Gasteiger partial charge < -0.3 is 10.1 Å². The molecule has 0 aromatic heterocycles. The average molecular weight is 254 g/mol. The lowest BCUT2D eigenvalue weighted by atomic mass is 9.89. The molecule has 0 aromatic rings. The molecular formula is C15H30N2O. The van der Waals surface area contributed by atoms with Gasteiger partial charge >= 0.3 is 0 Å². The molecule has 0 radical (unpaired) electrons. The standard InChI is InChI=1S/C15H30N2O/c1-15(2)12-14(8-11-18-15)17-10-5-4-6-13(17)7-9-16-3/h13-14,16H,4-12H2,1-3H3. The van der Waals surface area contributed by atoms with E-state index in [1.807, 2.05) is 0 Å². The van der Waals surface area contributed by atoms with Crippen molar-refractivity contribution in [2.75, 3.05) is 26.7 Å². The van der Waals surface area contributed by atoms with Crippen LogP contribution in [0.25, 0.3) is 0 Å². The van der Waals surface area contributed by atoms with Gasteiger partial charge in [0.2, 0.25) is 0 Å². The summed E-state index contributed by atoms with van der Waals surface area (Å²) >= 11 is 0. The third-order valence-corrected chi connectivity index (χ3v) is 4.54. The Bertz CT molecular complexity index is 255. The molecule has 0 aromatic carbocycles. The Labute approximate surface area is 112 Å². The van der Waals surface area contributed by atoms with Crippen molar-refractivity contribution in [1.82, 2.24) is 10.2 Å². The van der Waals surface area contributed by atoms with Gasteiger partial charge in [0.1, 0.15) is 0 Å². The summed E-state index contributed by atoms with van der Waals surface area (Å²) < 4.78 is 5.86. The highest BCUT2D eigenvalue weighted by Crippen LogP contribution is 2.32. The Hall–Kier alpha value is -0.120. The summed E-state index contributed by atoms with van der Waals surface area (Å²) in [6, 6.07) is 1.54. The lowest BCUT2D eigenvalue weighted by Crippen LogP contribution is -2.52. The third kappa shape index (κ3) is 3.69. The molecule has 18 heavy (non-hydrogen) atoms. The molecule has 2 heterocycles. The largest absolute Gasteiger partial charge is 0.375 e. The Kier molecular flexibility index (Phi) is 5.05. The molecule has 2 fully saturated rings. The second-order valence-electron chi connectivity index (χ2n) is 6.53. The van der Waals surface area contributed by atoms with Crippen LogP contribution in [-0.4, -0.2) is 49.3 Å². The van der Waals surface area contributed by atoms with Gasteiger partial charge in [-0.2, -0.15) is 0 Å². The van der Waals surface area contributed by atoms with Crippen molar-refractivity contribution in [3.05, 3.63) is 0 Å². The molecule has 0 bridgehead atoms. The van der Waals surface area contributed by atoms with Crippen molar-refractivity contribution < 1.29 is 4.74 Å². The van der Waals surface area contributed by atoms with Crippen LogP contribution in [0, 0.1) is 0 Å². The van der Waals surface area contributed by atoms with Gasteiger partial charge in [0.25, 0.3) is 0 Å². The minimum Gasteiger partial charge on any atom is -0.375 e. The Morgan fingerprint density at radius 2 is 2.11 bits per heavy atom. The van der Waals surface area contributed by atoms with Gasteiger partial charge in [-0.1, -0.05) is 6.42 Å². The van der Waals surface area contributed by atoms with Crippen molar-refractivity contribution in [1.29, 1.82) is 0 Å². The molecule has 2 atom stereocenters. The van der Waals surface area contributed by atoms with Gasteiger partial charge in [0.15, 0.2) is 0 Å². The third-order valence-electron chi connectivity index (χ3n) is 4.54. The fraction of sp³-hybridized carbons (Fsp3) is 1.00. The van der Waals surface area contributed by atoms with E-state index in [9.17, 15) is 0 Å². The highest BCUT2D eigenvalue weighted by molar-refractivity contribution is 4.89. The van der Waals surface area contributed by atoms with E-state index in [-0.39, 0.29) is 5.60 Å². The van der Waals surface area contributed by atoms with Gasteiger partial charge in [0, 0.05) is 18.7 Å². The highest BCUT2D eigenvalue weighted by Gasteiger charge is 2.35. The first-order valence-corrected chi connectivity index (χ1v) is 7.67. The van der Waals surface area contributed by atoms with Gasteiger partial charge in [-0.25, -0.2) is 0 Å². The second kappa shape index (κ2) is 6.36. The summed E-state index contributed by atoms with van der Waals surface area (Å²) in [7, 11) is 2.06. The van der Waals surface area contributed by atoms with Crippen molar-refractivity contribution in [3.63, 3.8) is 0 Å². The number of nitrogens with one attached hydrogen (secondary N) is 1. The van der Waals surface area contributed by atoms with E-state index in [1.54, 1.807) is 0 Å².